The highest BCUT2D eigenvalue weighted by atomic mass is 16.6. The highest BCUT2D eigenvalue weighted by Gasteiger charge is 2.27. The van der Waals surface area contributed by atoms with E-state index in [-0.39, 0.29) is 5.56 Å². The molecule has 5 heteroatoms. The van der Waals surface area contributed by atoms with Crippen molar-refractivity contribution in [2.24, 2.45) is 11.7 Å². The third-order valence-corrected chi connectivity index (χ3v) is 2.84. The van der Waals surface area contributed by atoms with Crippen molar-refractivity contribution in [3.05, 3.63) is 35.4 Å². The molecule has 0 bridgehead atoms. The largest absolute Gasteiger partial charge is 0.478 e. The average Bonchev–Trinajstić information content (AvgIpc) is 2.35. The first-order valence-electron chi connectivity index (χ1n) is 6.43. The molecule has 1 aromatic rings. The third-order valence-electron chi connectivity index (χ3n) is 2.84. The summed E-state index contributed by atoms with van der Waals surface area (Å²) in [5.41, 5.74) is 6.21. The van der Waals surface area contributed by atoms with Crippen LogP contribution in [0.15, 0.2) is 24.3 Å². The molecule has 0 aliphatic carbocycles. The number of aromatic carboxylic acids is 1. The fraction of sp³-hybridized carbons (Fsp3) is 0.467. The quantitative estimate of drug-likeness (QED) is 0.826. The molecule has 0 radical (unpaired) electrons. The lowest BCUT2D eigenvalue weighted by molar-refractivity contribution is -0.160. The predicted molar refractivity (Wildman–Crippen MR) is 75.3 cm³/mol. The Morgan fingerprint density at radius 3 is 2.40 bits per heavy atom. The maximum Gasteiger partial charge on any atom is 0.335 e. The second kappa shape index (κ2) is 6.05. The number of carboxylic acid groups (broad SMARTS) is 1. The van der Waals surface area contributed by atoms with Gasteiger partial charge in [-0.2, -0.15) is 0 Å². The molecule has 20 heavy (non-hydrogen) atoms. The van der Waals surface area contributed by atoms with Crippen LogP contribution in [0, 0.1) is 5.92 Å². The standard InChI is InChI=1S/C15H21NO4/c1-9(14(19)20-15(2,3)4)12(16)10-6-5-7-11(8-10)13(17)18/h5-9,12H,16H2,1-4H3,(H,17,18)/t9-,12?/m1/s1. The van der Waals surface area contributed by atoms with Crippen LogP contribution in [0.25, 0.3) is 0 Å². The Balaban J connectivity index is 2.88. The molecule has 1 rings (SSSR count). The Morgan fingerprint density at radius 2 is 1.90 bits per heavy atom. The van der Waals surface area contributed by atoms with E-state index >= 15 is 0 Å². The van der Waals surface area contributed by atoms with E-state index in [4.69, 9.17) is 15.6 Å². The Morgan fingerprint density at radius 1 is 1.30 bits per heavy atom. The van der Waals surface area contributed by atoms with Crippen LogP contribution in [0.4, 0.5) is 0 Å². The first-order valence-corrected chi connectivity index (χ1v) is 6.43. The van der Waals surface area contributed by atoms with Crippen molar-refractivity contribution in [3.8, 4) is 0 Å². The molecule has 0 fully saturated rings. The van der Waals surface area contributed by atoms with Crippen molar-refractivity contribution in [2.75, 3.05) is 0 Å². The van der Waals surface area contributed by atoms with Gasteiger partial charge in [-0.1, -0.05) is 19.1 Å². The molecule has 1 aromatic carbocycles. The van der Waals surface area contributed by atoms with E-state index in [0.29, 0.717) is 5.56 Å². The number of hydrogen-bond donors (Lipinski definition) is 2. The Hall–Kier alpha value is -1.88. The number of carbonyl (C=O) groups is 2. The SMILES string of the molecule is C[C@@H](C(=O)OC(C)(C)C)C(N)c1cccc(C(=O)O)c1. The van der Waals surface area contributed by atoms with Gasteiger partial charge >= 0.3 is 11.9 Å². The van der Waals surface area contributed by atoms with E-state index in [1.807, 2.05) is 0 Å². The summed E-state index contributed by atoms with van der Waals surface area (Å²) in [6.07, 6.45) is 0. The molecule has 0 aliphatic heterocycles. The summed E-state index contributed by atoms with van der Waals surface area (Å²) in [6, 6.07) is 5.67. The minimum absolute atomic E-state index is 0.148. The van der Waals surface area contributed by atoms with Crippen molar-refractivity contribution < 1.29 is 19.4 Å². The number of benzene rings is 1. The number of ether oxygens (including phenoxy) is 1. The van der Waals surface area contributed by atoms with E-state index < -0.39 is 29.5 Å². The molecule has 0 aromatic heterocycles. The molecular weight excluding hydrogens is 258 g/mol. The van der Waals surface area contributed by atoms with Crippen molar-refractivity contribution in [1.29, 1.82) is 0 Å². The van der Waals surface area contributed by atoms with Crippen molar-refractivity contribution in [1.82, 2.24) is 0 Å². The van der Waals surface area contributed by atoms with Crippen molar-refractivity contribution in [2.45, 2.75) is 39.3 Å². The van der Waals surface area contributed by atoms with Gasteiger partial charge in [0.1, 0.15) is 5.60 Å². The second-order valence-corrected chi connectivity index (χ2v) is 5.78. The summed E-state index contributed by atoms with van der Waals surface area (Å²) < 4.78 is 5.28. The second-order valence-electron chi connectivity index (χ2n) is 5.78. The number of carbonyl (C=O) groups excluding carboxylic acids is 1. The van der Waals surface area contributed by atoms with Crippen LogP contribution >= 0.6 is 0 Å². The Kier molecular flexibility index (Phi) is 4.89. The van der Waals surface area contributed by atoms with Crippen LogP contribution in [-0.4, -0.2) is 22.6 Å². The highest BCUT2D eigenvalue weighted by molar-refractivity contribution is 5.87. The van der Waals surface area contributed by atoms with Gasteiger partial charge in [-0.3, -0.25) is 4.79 Å². The summed E-state index contributed by atoms with van der Waals surface area (Å²) in [5, 5.41) is 8.96. The van der Waals surface area contributed by atoms with E-state index in [2.05, 4.69) is 0 Å². The molecule has 1 unspecified atom stereocenters. The molecule has 0 amide bonds. The van der Waals surface area contributed by atoms with Crippen LogP contribution in [0.2, 0.25) is 0 Å². The Labute approximate surface area is 118 Å². The van der Waals surface area contributed by atoms with Crippen LogP contribution in [0.3, 0.4) is 0 Å². The zero-order valence-electron chi connectivity index (χ0n) is 12.2. The molecule has 0 heterocycles. The van der Waals surface area contributed by atoms with Crippen molar-refractivity contribution in [3.63, 3.8) is 0 Å². The third kappa shape index (κ3) is 4.35. The molecule has 3 N–H and O–H groups in total. The van der Waals surface area contributed by atoms with Gasteiger partial charge in [0.25, 0.3) is 0 Å². The molecular formula is C15H21NO4. The van der Waals surface area contributed by atoms with Gasteiger partial charge in [-0.15, -0.1) is 0 Å². The molecule has 5 nitrogen and oxygen atoms in total. The number of esters is 1. The molecule has 0 saturated carbocycles. The van der Waals surface area contributed by atoms with E-state index in [0.717, 1.165) is 0 Å². The summed E-state index contributed by atoms with van der Waals surface area (Å²) in [4.78, 5) is 22.9. The van der Waals surface area contributed by atoms with E-state index in [1.165, 1.54) is 12.1 Å². The fourth-order valence-electron chi connectivity index (χ4n) is 1.71. The molecule has 110 valence electrons. The molecule has 0 aliphatic rings. The molecule has 2 atom stereocenters. The van der Waals surface area contributed by atoms with Gasteiger partial charge in [0.15, 0.2) is 0 Å². The van der Waals surface area contributed by atoms with Gasteiger partial charge < -0.3 is 15.6 Å². The lowest BCUT2D eigenvalue weighted by Gasteiger charge is -2.25. The monoisotopic (exact) mass is 279 g/mol. The normalized spacial score (nSPS) is 14.4. The number of hydrogen-bond acceptors (Lipinski definition) is 4. The summed E-state index contributed by atoms with van der Waals surface area (Å²) >= 11 is 0. The predicted octanol–water partition coefficient (Wildman–Crippen LogP) is 2.36. The highest BCUT2D eigenvalue weighted by Crippen LogP contribution is 2.23. The van der Waals surface area contributed by atoms with E-state index in [9.17, 15) is 9.59 Å². The van der Waals surface area contributed by atoms with Gasteiger partial charge in [0, 0.05) is 6.04 Å². The first-order chi connectivity index (χ1) is 9.11. The lowest BCUT2D eigenvalue weighted by atomic mass is 9.94. The van der Waals surface area contributed by atoms with Gasteiger partial charge in [-0.05, 0) is 38.5 Å². The minimum Gasteiger partial charge on any atom is -0.478 e. The minimum atomic E-state index is -1.02. The van der Waals surface area contributed by atoms with Gasteiger partial charge in [-0.25, -0.2) is 4.79 Å². The first kappa shape index (κ1) is 16.2. The van der Waals surface area contributed by atoms with Crippen LogP contribution in [0.1, 0.15) is 49.7 Å². The zero-order chi connectivity index (χ0) is 15.5. The Bertz CT molecular complexity index is 505. The van der Waals surface area contributed by atoms with Crippen LogP contribution in [-0.2, 0) is 9.53 Å². The van der Waals surface area contributed by atoms with Crippen molar-refractivity contribution >= 4 is 11.9 Å². The summed E-state index contributed by atoms with van der Waals surface area (Å²) in [7, 11) is 0. The van der Waals surface area contributed by atoms with Gasteiger partial charge in [0.2, 0.25) is 0 Å². The topological polar surface area (TPSA) is 89.6 Å². The molecule has 0 spiro atoms. The lowest BCUT2D eigenvalue weighted by Crippen LogP contribution is -2.33. The van der Waals surface area contributed by atoms with Crippen LogP contribution < -0.4 is 5.73 Å². The van der Waals surface area contributed by atoms with Crippen LogP contribution in [0.5, 0.6) is 0 Å². The summed E-state index contributed by atoms with van der Waals surface area (Å²) in [5.74, 6) is -1.98. The molecule has 0 saturated heterocycles. The number of carboxylic acids is 1. The fourth-order valence-corrected chi connectivity index (χ4v) is 1.71. The van der Waals surface area contributed by atoms with E-state index in [1.54, 1.807) is 39.8 Å². The number of nitrogens with two attached hydrogens (primary N) is 1. The maximum absolute atomic E-state index is 12.0. The van der Waals surface area contributed by atoms with Gasteiger partial charge in [0.05, 0.1) is 11.5 Å². The summed E-state index contributed by atoms with van der Waals surface area (Å²) in [6.45, 7) is 7.03. The maximum atomic E-state index is 12.0. The number of rotatable bonds is 4. The average molecular weight is 279 g/mol. The smallest absolute Gasteiger partial charge is 0.335 e. The zero-order valence-corrected chi connectivity index (χ0v) is 12.2.